The van der Waals surface area contributed by atoms with Crippen molar-refractivity contribution in [3.63, 3.8) is 0 Å². The Bertz CT molecular complexity index is 400. The number of carbonyl (C=O) groups excluding carboxylic acids is 1. The first kappa shape index (κ1) is 12.7. The average Bonchev–Trinajstić information content (AvgIpc) is 2.56. The fraction of sp³-hybridized carbons (Fsp3) is 0.400. The fourth-order valence-electron chi connectivity index (χ4n) is 1.12. The lowest BCUT2D eigenvalue weighted by molar-refractivity contribution is -0.120. The van der Waals surface area contributed by atoms with Crippen LogP contribution >= 0.6 is 11.3 Å². The number of carboxylic acid groups (broad SMARTS) is 1. The molecular formula is C10H13NO4S. The van der Waals surface area contributed by atoms with E-state index >= 15 is 0 Å². The maximum absolute atomic E-state index is 11.3. The second kappa shape index (κ2) is 5.62. The van der Waals surface area contributed by atoms with Crippen molar-refractivity contribution in [2.45, 2.75) is 13.8 Å². The van der Waals surface area contributed by atoms with Crippen molar-refractivity contribution < 1.29 is 19.4 Å². The molecule has 0 aliphatic carbocycles. The summed E-state index contributed by atoms with van der Waals surface area (Å²) in [6.07, 6.45) is 0. The monoisotopic (exact) mass is 243 g/mol. The second-order valence-electron chi connectivity index (χ2n) is 3.11. The summed E-state index contributed by atoms with van der Waals surface area (Å²) >= 11 is 1.04. The Kier molecular flexibility index (Phi) is 4.45. The largest absolute Gasteiger partial charge is 0.477 e. The van der Waals surface area contributed by atoms with Crippen molar-refractivity contribution in [1.29, 1.82) is 0 Å². The van der Waals surface area contributed by atoms with E-state index in [1.54, 1.807) is 19.9 Å². The van der Waals surface area contributed by atoms with E-state index in [1.165, 1.54) is 0 Å². The summed E-state index contributed by atoms with van der Waals surface area (Å²) in [7, 11) is 0. The lowest BCUT2D eigenvalue weighted by Crippen LogP contribution is -2.17. The smallest absolute Gasteiger partial charge is 0.346 e. The van der Waals surface area contributed by atoms with Gasteiger partial charge >= 0.3 is 5.97 Å². The Labute approximate surface area is 97.0 Å². The number of hydrogen-bond acceptors (Lipinski definition) is 4. The third-order valence-electron chi connectivity index (χ3n) is 1.81. The van der Waals surface area contributed by atoms with Crippen LogP contribution in [0.5, 0.6) is 0 Å². The molecule has 1 aromatic rings. The summed E-state index contributed by atoms with van der Waals surface area (Å²) in [5, 5.41) is 11.9. The van der Waals surface area contributed by atoms with Gasteiger partial charge in [0.05, 0.1) is 5.00 Å². The highest BCUT2D eigenvalue weighted by Gasteiger charge is 2.13. The van der Waals surface area contributed by atoms with Gasteiger partial charge in [0, 0.05) is 6.61 Å². The Morgan fingerprint density at radius 1 is 1.56 bits per heavy atom. The van der Waals surface area contributed by atoms with Gasteiger partial charge in [-0.1, -0.05) is 0 Å². The van der Waals surface area contributed by atoms with Crippen molar-refractivity contribution >= 4 is 28.2 Å². The molecule has 1 amide bonds. The maximum atomic E-state index is 11.3. The Balaban J connectivity index is 2.64. The molecule has 2 N–H and O–H groups in total. The highest BCUT2D eigenvalue weighted by molar-refractivity contribution is 7.18. The van der Waals surface area contributed by atoms with Gasteiger partial charge in [0.2, 0.25) is 0 Å². The first-order valence-electron chi connectivity index (χ1n) is 4.76. The van der Waals surface area contributed by atoms with Gasteiger partial charge in [0.15, 0.2) is 0 Å². The zero-order chi connectivity index (χ0) is 12.1. The number of nitrogens with one attached hydrogen (secondary N) is 1. The molecule has 0 saturated carbocycles. The molecule has 6 heteroatoms. The van der Waals surface area contributed by atoms with E-state index in [0.717, 1.165) is 11.3 Å². The molecule has 0 saturated heterocycles. The third-order valence-corrected chi connectivity index (χ3v) is 2.95. The van der Waals surface area contributed by atoms with Crippen LogP contribution in [-0.2, 0) is 9.53 Å². The molecule has 0 aromatic carbocycles. The van der Waals surface area contributed by atoms with Gasteiger partial charge in [-0.15, -0.1) is 11.3 Å². The third kappa shape index (κ3) is 3.32. The second-order valence-corrected chi connectivity index (χ2v) is 4.17. The predicted octanol–water partition coefficient (Wildman–Crippen LogP) is 1.73. The van der Waals surface area contributed by atoms with Crippen LogP contribution in [-0.4, -0.2) is 30.2 Å². The van der Waals surface area contributed by atoms with Gasteiger partial charge in [-0.3, -0.25) is 4.79 Å². The first-order chi connectivity index (χ1) is 7.54. The molecule has 0 unspecified atom stereocenters. The van der Waals surface area contributed by atoms with Gasteiger partial charge in [-0.25, -0.2) is 4.79 Å². The normalized spacial score (nSPS) is 10.1. The molecule has 0 aliphatic rings. The van der Waals surface area contributed by atoms with E-state index < -0.39 is 5.97 Å². The summed E-state index contributed by atoms with van der Waals surface area (Å²) in [5.74, 6) is -1.26. The minimum atomic E-state index is -0.979. The summed E-state index contributed by atoms with van der Waals surface area (Å²) < 4.78 is 4.93. The minimum absolute atomic E-state index is 0.0180. The van der Waals surface area contributed by atoms with Gasteiger partial charge in [-0.05, 0) is 25.5 Å². The van der Waals surface area contributed by atoms with Gasteiger partial charge in [0.1, 0.15) is 11.5 Å². The van der Waals surface area contributed by atoms with Crippen LogP contribution in [0.4, 0.5) is 5.00 Å². The molecule has 1 heterocycles. The van der Waals surface area contributed by atoms with Crippen LogP contribution in [0.3, 0.4) is 0 Å². The quantitative estimate of drug-likeness (QED) is 0.825. The van der Waals surface area contributed by atoms with Gasteiger partial charge in [0.25, 0.3) is 5.91 Å². The summed E-state index contributed by atoms with van der Waals surface area (Å²) in [6, 6.07) is 1.64. The van der Waals surface area contributed by atoms with Gasteiger partial charge in [-0.2, -0.15) is 0 Å². The van der Waals surface area contributed by atoms with Crippen LogP contribution in [0, 0.1) is 6.92 Å². The van der Waals surface area contributed by atoms with E-state index in [0.29, 0.717) is 17.2 Å². The zero-order valence-corrected chi connectivity index (χ0v) is 9.89. The molecule has 5 nitrogen and oxygen atoms in total. The number of anilines is 1. The Morgan fingerprint density at radius 2 is 2.25 bits per heavy atom. The summed E-state index contributed by atoms with van der Waals surface area (Å²) in [4.78, 5) is 22.3. The Morgan fingerprint density at radius 3 is 2.75 bits per heavy atom. The number of hydrogen-bond donors (Lipinski definition) is 2. The van der Waals surface area contributed by atoms with Crippen molar-refractivity contribution in [3.8, 4) is 0 Å². The summed E-state index contributed by atoms with van der Waals surface area (Å²) in [6.45, 7) is 3.94. The number of ether oxygens (including phenoxy) is 1. The SMILES string of the molecule is CCOCC(=O)Nc1cc(C)c(C(=O)O)s1. The van der Waals surface area contributed by atoms with E-state index in [2.05, 4.69) is 5.32 Å². The zero-order valence-electron chi connectivity index (χ0n) is 9.07. The maximum Gasteiger partial charge on any atom is 0.346 e. The van der Waals surface area contributed by atoms with E-state index in [-0.39, 0.29) is 17.4 Å². The highest BCUT2D eigenvalue weighted by Crippen LogP contribution is 2.26. The van der Waals surface area contributed by atoms with Crippen molar-refractivity contribution in [3.05, 3.63) is 16.5 Å². The number of carbonyl (C=O) groups is 2. The molecule has 1 rings (SSSR count). The van der Waals surface area contributed by atoms with Crippen LogP contribution in [0.25, 0.3) is 0 Å². The average molecular weight is 243 g/mol. The molecule has 1 aromatic heterocycles. The highest BCUT2D eigenvalue weighted by atomic mass is 32.1. The number of thiophene rings is 1. The molecule has 0 aliphatic heterocycles. The van der Waals surface area contributed by atoms with Crippen molar-refractivity contribution in [2.75, 3.05) is 18.5 Å². The van der Waals surface area contributed by atoms with Crippen molar-refractivity contribution in [2.24, 2.45) is 0 Å². The molecule has 0 spiro atoms. The number of aryl methyl sites for hydroxylation is 1. The first-order valence-corrected chi connectivity index (χ1v) is 5.57. The van der Waals surface area contributed by atoms with E-state index in [1.807, 2.05) is 0 Å². The van der Waals surface area contributed by atoms with E-state index in [9.17, 15) is 9.59 Å². The van der Waals surface area contributed by atoms with Crippen LogP contribution in [0.2, 0.25) is 0 Å². The van der Waals surface area contributed by atoms with Crippen LogP contribution in [0.15, 0.2) is 6.07 Å². The number of carboxylic acids is 1. The minimum Gasteiger partial charge on any atom is -0.477 e. The predicted molar refractivity (Wildman–Crippen MR) is 61.1 cm³/mol. The molecule has 88 valence electrons. The van der Waals surface area contributed by atoms with Crippen molar-refractivity contribution in [1.82, 2.24) is 0 Å². The standard InChI is InChI=1S/C10H13NO4S/c1-3-15-5-7(12)11-8-4-6(2)9(16-8)10(13)14/h4H,3,5H2,1-2H3,(H,11,12)(H,13,14). The number of rotatable bonds is 5. The number of aromatic carboxylic acids is 1. The van der Waals surface area contributed by atoms with Crippen LogP contribution in [0.1, 0.15) is 22.2 Å². The summed E-state index contributed by atoms with van der Waals surface area (Å²) in [5.41, 5.74) is 0.643. The molecule has 0 fully saturated rings. The topological polar surface area (TPSA) is 75.6 Å². The van der Waals surface area contributed by atoms with Crippen LogP contribution < -0.4 is 5.32 Å². The molecule has 16 heavy (non-hydrogen) atoms. The fourth-order valence-corrected chi connectivity index (χ4v) is 2.05. The molecule has 0 bridgehead atoms. The Hall–Kier alpha value is -1.40. The lowest BCUT2D eigenvalue weighted by Gasteiger charge is -2.01. The molecule has 0 atom stereocenters. The lowest BCUT2D eigenvalue weighted by atomic mass is 10.3. The molecule has 0 radical (unpaired) electrons. The van der Waals surface area contributed by atoms with E-state index in [4.69, 9.17) is 9.84 Å². The van der Waals surface area contributed by atoms with Gasteiger partial charge < -0.3 is 15.2 Å². The molecular weight excluding hydrogens is 230 g/mol. The number of amides is 1.